The molecule has 1 aromatic rings. The van der Waals surface area contributed by atoms with Crippen LogP contribution in [0.5, 0.6) is 0 Å². The van der Waals surface area contributed by atoms with Gasteiger partial charge in [-0.2, -0.15) is 0 Å². The van der Waals surface area contributed by atoms with Crippen LogP contribution in [0.15, 0.2) is 5.38 Å². The summed E-state index contributed by atoms with van der Waals surface area (Å²) in [7, 11) is 0. The number of nitrogens with zero attached hydrogens (tertiary/aromatic N) is 1. The Morgan fingerprint density at radius 3 is 3.06 bits per heavy atom. The third kappa shape index (κ3) is 3.29. The number of aromatic nitrogens is 1. The van der Waals surface area contributed by atoms with Crippen LogP contribution in [0.2, 0.25) is 0 Å². The molecule has 1 aliphatic carbocycles. The summed E-state index contributed by atoms with van der Waals surface area (Å²) in [4.78, 5) is 4.56. The van der Waals surface area contributed by atoms with Crippen molar-refractivity contribution in [2.24, 2.45) is 5.92 Å². The van der Waals surface area contributed by atoms with E-state index in [4.69, 9.17) is 0 Å². The Hall–Kier alpha value is -0.410. The third-order valence-electron chi connectivity index (χ3n) is 3.39. The lowest BCUT2D eigenvalue weighted by atomic mass is 10.0. The van der Waals surface area contributed by atoms with Crippen LogP contribution in [0.4, 0.5) is 0 Å². The molecule has 0 amide bonds. The molecule has 16 heavy (non-hydrogen) atoms. The average molecular weight is 238 g/mol. The first-order valence-corrected chi connectivity index (χ1v) is 7.30. The number of hydrogen-bond donors (Lipinski definition) is 1. The van der Waals surface area contributed by atoms with Crippen molar-refractivity contribution in [3.63, 3.8) is 0 Å². The first-order chi connectivity index (χ1) is 7.78. The molecule has 1 heterocycles. The van der Waals surface area contributed by atoms with Crippen LogP contribution in [0, 0.1) is 12.8 Å². The molecule has 1 aromatic heterocycles. The minimum atomic E-state index is 0.768. The standard InChI is InChI=1S/C13H22N2S/c1-3-6-14-12-5-4-11(7-12)8-13-9-16-10(2)15-13/h9,11-12,14H,3-8H2,1-2H3. The molecule has 0 aliphatic heterocycles. The summed E-state index contributed by atoms with van der Waals surface area (Å²) in [5.74, 6) is 0.857. The van der Waals surface area contributed by atoms with Crippen molar-refractivity contribution >= 4 is 11.3 Å². The Bertz CT molecular complexity index is 321. The van der Waals surface area contributed by atoms with Gasteiger partial charge in [-0.3, -0.25) is 0 Å². The van der Waals surface area contributed by atoms with Crippen molar-refractivity contribution in [2.75, 3.05) is 6.54 Å². The molecule has 0 radical (unpaired) electrons. The van der Waals surface area contributed by atoms with E-state index >= 15 is 0 Å². The molecule has 1 N–H and O–H groups in total. The first-order valence-electron chi connectivity index (χ1n) is 6.42. The van der Waals surface area contributed by atoms with E-state index in [9.17, 15) is 0 Å². The lowest BCUT2D eigenvalue weighted by Crippen LogP contribution is -2.27. The molecule has 0 aromatic carbocycles. The van der Waals surface area contributed by atoms with E-state index in [0.29, 0.717) is 0 Å². The second-order valence-electron chi connectivity index (χ2n) is 4.89. The van der Waals surface area contributed by atoms with Crippen molar-refractivity contribution < 1.29 is 0 Å². The van der Waals surface area contributed by atoms with E-state index in [0.717, 1.165) is 12.0 Å². The van der Waals surface area contributed by atoms with Crippen molar-refractivity contribution in [3.05, 3.63) is 16.1 Å². The van der Waals surface area contributed by atoms with Gasteiger partial charge in [-0.1, -0.05) is 6.92 Å². The maximum Gasteiger partial charge on any atom is 0.0897 e. The quantitative estimate of drug-likeness (QED) is 0.852. The summed E-state index contributed by atoms with van der Waals surface area (Å²) in [6.45, 7) is 5.50. The van der Waals surface area contributed by atoms with Gasteiger partial charge in [0.1, 0.15) is 0 Å². The predicted octanol–water partition coefficient (Wildman–Crippen LogP) is 3.16. The zero-order valence-corrected chi connectivity index (χ0v) is 11.1. The van der Waals surface area contributed by atoms with E-state index in [2.05, 4.69) is 29.5 Å². The highest BCUT2D eigenvalue weighted by molar-refractivity contribution is 7.09. The number of hydrogen-bond acceptors (Lipinski definition) is 3. The molecule has 2 atom stereocenters. The van der Waals surface area contributed by atoms with E-state index in [1.165, 1.54) is 49.4 Å². The highest BCUT2D eigenvalue weighted by Crippen LogP contribution is 2.28. The molecule has 1 fully saturated rings. The molecule has 3 heteroatoms. The molecule has 0 bridgehead atoms. The minimum Gasteiger partial charge on any atom is -0.314 e. The summed E-state index contributed by atoms with van der Waals surface area (Å²) in [5, 5.41) is 7.06. The van der Waals surface area contributed by atoms with Gasteiger partial charge in [0, 0.05) is 11.4 Å². The Kier molecular flexibility index (Phi) is 4.36. The van der Waals surface area contributed by atoms with Crippen LogP contribution < -0.4 is 5.32 Å². The second-order valence-corrected chi connectivity index (χ2v) is 5.95. The van der Waals surface area contributed by atoms with Gasteiger partial charge in [0.2, 0.25) is 0 Å². The number of rotatable bonds is 5. The van der Waals surface area contributed by atoms with Crippen LogP contribution in [-0.2, 0) is 6.42 Å². The molecule has 0 saturated heterocycles. The molecule has 0 spiro atoms. The van der Waals surface area contributed by atoms with Crippen LogP contribution in [0.1, 0.15) is 43.3 Å². The SMILES string of the molecule is CCCNC1CCC(Cc2csc(C)n2)C1. The number of nitrogens with one attached hydrogen (secondary N) is 1. The van der Waals surface area contributed by atoms with E-state index in [1.807, 2.05) is 0 Å². The highest BCUT2D eigenvalue weighted by atomic mass is 32.1. The molecule has 2 rings (SSSR count). The van der Waals surface area contributed by atoms with E-state index in [1.54, 1.807) is 11.3 Å². The predicted molar refractivity (Wildman–Crippen MR) is 70.0 cm³/mol. The third-order valence-corrected chi connectivity index (χ3v) is 4.21. The molecule has 90 valence electrons. The fourth-order valence-corrected chi connectivity index (χ4v) is 3.22. The molecule has 1 saturated carbocycles. The molecule has 2 nitrogen and oxygen atoms in total. The topological polar surface area (TPSA) is 24.9 Å². The molecular formula is C13H22N2S. The van der Waals surface area contributed by atoms with Gasteiger partial charge < -0.3 is 5.32 Å². The normalized spacial score (nSPS) is 25.1. The van der Waals surface area contributed by atoms with Crippen LogP contribution in [0.25, 0.3) is 0 Å². The Morgan fingerprint density at radius 1 is 1.50 bits per heavy atom. The Balaban J connectivity index is 1.76. The summed E-state index contributed by atoms with van der Waals surface area (Å²) in [6.07, 6.45) is 6.50. The van der Waals surface area contributed by atoms with Gasteiger partial charge in [0.05, 0.1) is 10.7 Å². The average Bonchev–Trinajstić information content (AvgIpc) is 2.86. The van der Waals surface area contributed by atoms with Crippen molar-refractivity contribution in [1.82, 2.24) is 10.3 Å². The highest BCUT2D eigenvalue weighted by Gasteiger charge is 2.24. The van der Waals surface area contributed by atoms with Crippen molar-refractivity contribution in [3.8, 4) is 0 Å². The van der Waals surface area contributed by atoms with Gasteiger partial charge in [0.25, 0.3) is 0 Å². The molecular weight excluding hydrogens is 216 g/mol. The number of aryl methyl sites for hydroxylation is 1. The maximum atomic E-state index is 4.56. The van der Waals surface area contributed by atoms with Gasteiger partial charge >= 0.3 is 0 Å². The monoisotopic (exact) mass is 238 g/mol. The Morgan fingerprint density at radius 2 is 2.38 bits per heavy atom. The summed E-state index contributed by atoms with van der Waals surface area (Å²) < 4.78 is 0. The summed E-state index contributed by atoms with van der Waals surface area (Å²) >= 11 is 1.78. The van der Waals surface area contributed by atoms with Crippen LogP contribution in [-0.4, -0.2) is 17.6 Å². The minimum absolute atomic E-state index is 0.768. The fourth-order valence-electron chi connectivity index (χ4n) is 2.59. The second kappa shape index (κ2) is 5.78. The largest absolute Gasteiger partial charge is 0.314 e. The maximum absolute atomic E-state index is 4.56. The zero-order chi connectivity index (χ0) is 11.4. The first kappa shape index (κ1) is 12.1. The lowest BCUT2D eigenvalue weighted by Gasteiger charge is -2.11. The van der Waals surface area contributed by atoms with E-state index < -0.39 is 0 Å². The summed E-state index contributed by atoms with van der Waals surface area (Å²) in [5.41, 5.74) is 1.31. The smallest absolute Gasteiger partial charge is 0.0897 e. The van der Waals surface area contributed by atoms with Gasteiger partial charge in [0.15, 0.2) is 0 Å². The number of thiazole rings is 1. The summed E-state index contributed by atoms with van der Waals surface area (Å²) in [6, 6.07) is 0.768. The van der Waals surface area contributed by atoms with Crippen molar-refractivity contribution in [2.45, 2.75) is 52.0 Å². The zero-order valence-electron chi connectivity index (χ0n) is 10.3. The fraction of sp³-hybridized carbons (Fsp3) is 0.769. The molecule has 2 unspecified atom stereocenters. The Labute approximate surface area is 102 Å². The van der Waals surface area contributed by atoms with Gasteiger partial charge in [-0.25, -0.2) is 4.98 Å². The molecule has 1 aliphatic rings. The lowest BCUT2D eigenvalue weighted by molar-refractivity contribution is 0.482. The van der Waals surface area contributed by atoms with Gasteiger partial charge in [-0.15, -0.1) is 11.3 Å². The van der Waals surface area contributed by atoms with Crippen LogP contribution in [0.3, 0.4) is 0 Å². The van der Waals surface area contributed by atoms with Crippen LogP contribution >= 0.6 is 11.3 Å². The van der Waals surface area contributed by atoms with E-state index in [-0.39, 0.29) is 0 Å². The van der Waals surface area contributed by atoms with Gasteiger partial charge in [-0.05, 0) is 51.5 Å². The van der Waals surface area contributed by atoms with Crippen molar-refractivity contribution in [1.29, 1.82) is 0 Å².